The second-order valence-corrected chi connectivity index (χ2v) is 4.35. The summed E-state index contributed by atoms with van der Waals surface area (Å²) in [5.74, 6) is 2.75. The van der Waals surface area contributed by atoms with E-state index in [4.69, 9.17) is 5.73 Å². The molecular formula is C11H18N4. The third kappa shape index (κ3) is 2.58. The van der Waals surface area contributed by atoms with Gasteiger partial charge in [-0.25, -0.2) is 4.98 Å². The fraction of sp³-hybridized carbons (Fsp3) is 0.636. The molecule has 1 saturated carbocycles. The topological polar surface area (TPSA) is 63.8 Å². The van der Waals surface area contributed by atoms with E-state index in [0.29, 0.717) is 11.8 Å². The smallest absolute Gasteiger partial charge is 0.224 e. The molecule has 0 radical (unpaired) electrons. The predicted octanol–water partition coefficient (Wildman–Crippen LogP) is 1.91. The zero-order valence-electron chi connectivity index (χ0n) is 9.11. The number of nitrogen functional groups attached to an aromatic ring is 1. The molecule has 82 valence electrons. The Morgan fingerprint density at radius 3 is 3.07 bits per heavy atom. The first-order valence-corrected chi connectivity index (χ1v) is 5.58. The molecule has 0 spiro atoms. The van der Waals surface area contributed by atoms with E-state index in [1.807, 2.05) is 0 Å². The minimum absolute atomic E-state index is 0.520. The Balaban J connectivity index is 1.87. The molecule has 0 saturated heterocycles. The molecule has 2 rings (SSSR count). The molecule has 1 fully saturated rings. The number of rotatable bonds is 3. The number of nitrogens with two attached hydrogens (primary N) is 1. The highest BCUT2D eigenvalue weighted by molar-refractivity contribution is 5.34. The first-order valence-electron chi connectivity index (χ1n) is 5.58. The maximum Gasteiger partial charge on any atom is 0.224 e. The lowest BCUT2D eigenvalue weighted by Gasteiger charge is -2.15. The molecule has 4 nitrogen and oxygen atoms in total. The third-order valence-corrected chi connectivity index (χ3v) is 3.24. The molecule has 1 heterocycles. The predicted molar refractivity (Wildman–Crippen MR) is 61.4 cm³/mol. The Morgan fingerprint density at radius 1 is 1.53 bits per heavy atom. The highest BCUT2D eigenvalue weighted by Crippen LogP contribution is 2.30. The van der Waals surface area contributed by atoms with E-state index in [1.165, 1.54) is 19.3 Å². The summed E-state index contributed by atoms with van der Waals surface area (Å²) >= 11 is 0. The SMILES string of the molecule is CC1CCCC1CNc1nccc(N)n1. The number of nitrogens with one attached hydrogen (secondary N) is 1. The molecule has 15 heavy (non-hydrogen) atoms. The Hall–Kier alpha value is -1.32. The van der Waals surface area contributed by atoms with Crippen molar-refractivity contribution in [3.8, 4) is 0 Å². The molecule has 4 heteroatoms. The summed E-state index contributed by atoms with van der Waals surface area (Å²) in [5, 5.41) is 3.26. The summed E-state index contributed by atoms with van der Waals surface area (Å²) in [7, 11) is 0. The molecular weight excluding hydrogens is 188 g/mol. The summed E-state index contributed by atoms with van der Waals surface area (Å²) in [6, 6.07) is 1.70. The van der Waals surface area contributed by atoms with Gasteiger partial charge in [0, 0.05) is 12.7 Å². The number of hydrogen-bond donors (Lipinski definition) is 2. The molecule has 1 aromatic rings. The monoisotopic (exact) mass is 206 g/mol. The van der Waals surface area contributed by atoms with Gasteiger partial charge < -0.3 is 11.1 Å². The zero-order valence-corrected chi connectivity index (χ0v) is 9.11. The minimum Gasteiger partial charge on any atom is -0.384 e. The van der Waals surface area contributed by atoms with Crippen molar-refractivity contribution in [3.05, 3.63) is 12.3 Å². The Kier molecular flexibility index (Phi) is 3.04. The van der Waals surface area contributed by atoms with Crippen LogP contribution >= 0.6 is 0 Å². The fourth-order valence-corrected chi connectivity index (χ4v) is 2.21. The average molecular weight is 206 g/mol. The molecule has 2 atom stereocenters. The van der Waals surface area contributed by atoms with Crippen molar-refractivity contribution < 1.29 is 0 Å². The number of aromatic nitrogens is 2. The summed E-state index contributed by atoms with van der Waals surface area (Å²) in [5.41, 5.74) is 5.58. The number of hydrogen-bond acceptors (Lipinski definition) is 4. The van der Waals surface area contributed by atoms with E-state index in [9.17, 15) is 0 Å². The lowest BCUT2D eigenvalue weighted by molar-refractivity contribution is 0.439. The van der Waals surface area contributed by atoms with Crippen LogP contribution in [-0.2, 0) is 0 Å². The normalized spacial score (nSPS) is 25.4. The molecule has 1 aromatic heterocycles. The van der Waals surface area contributed by atoms with Gasteiger partial charge in [0.2, 0.25) is 5.95 Å². The van der Waals surface area contributed by atoms with Crippen LogP contribution in [0.15, 0.2) is 12.3 Å². The van der Waals surface area contributed by atoms with Gasteiger partial charge in [-0.2, -0.15) is 4.98 Å². The van der Waals surface area contributed by atoms with Crippen molar-refractivity contribution in [2.45, 2.75) is 26.2 Å². The Bertz CT molecular complexity index is 326. The summed E-state index contributed by atoms with van der Waals surface area (Å²) in [6.07, 6.45) is 5.70. The Labute approximate surface area is 90.3 Å². The van der Waals surface area contributed by atoms with Crippen molar-refractivity contribution in [1.82, 2.24) is 9.97 Å². The van der Waals surface area contributed by atoms with Gasteiger partial charge >= 0.3 is 0 Å². The van der Waals surface area contributed by atoms with E-state index in [-0.39, 0.29) is 0 Å². The first kappa shape index (κ1) is 10.2. The highest BCUT2D eigenvalue weighted by atomic mass is 15.1. The van der Waals surface area contributed by atoms with Crippen LogP contribution in [0.3, 0.4) is 0 Å². The van der Waals surface area contributed by atoms with Gasteiger partial charge in [-0.3, -0.25) is 0 Å². The van der Waals surface area contributed by atoms with Crippen LogP contribution in [-0.4, -0.2) is 16.5 Å². The van der Waals surface area contributed by atoms with Gasteiger partial charge in [0.1, 0.15) is 5.82 Å². The van der Waals surface area contributed by atoms with Crippen LogP contribution in [0.2, 0.25) is 0 Å². The van der Waals surface area contributed by atoms with E-state index < -0.39 is 0 Å². The standard InChI is InChI=1S/C11H18N4/c1-8-3-2-4-9(8)7-14-11-13-6-5-10(12)15-11/h5-6,8-9H,2-4,7H2,1H3,(H3,12,13,14,15). The van der Waals surface area contributed by atoms with E-state index in [2.05, 4.69) is 22.2 Å². The van der Waals surface area contributed by atoms with Crippen molar-refractivity contribution in [2.24, 2.45) is 11.8 Å². The van der Waals surface area contributed by atoms with Crippen LogP contribution in [0.5, 0.6) is 0 Å². The van der Waals surface area contributed by atoms with Gasteiger partial charge in [-0.1, -0.05) is 19.8 Å². The van der Waals surface area contributed by atoms with Crippen LogP contribution < -0.4 is 11.1 Å². The zero-order chi connectivity index (χ0) is 10.7. The van der Waals surface area contributed by atoms with E-state index in [0.717, 1.165) is 18.4 Å². The van der Waals surface area contributed by atoms with Gasteiger partial charge in [0.25, 0.3) is 0 Å². The number of anilines is 2. The molecule has 1 aliphatic rings. The second kappa shape index (κ2) is 4.47. The lowest BCUT2D eigenvalue weighted by atomic mass is 9.98. The molecule has 1 aliphatic carbocycles. The quantitative estimate of drug-likeness (QED) is 0.793. The van der Waals surface area contributed by atoms with Crippen LogP contribution in [0, 0.1) is 11.8 Å². The fourth-order valence-electron chi connectivity index (χ4n) is 2.21. The number of nitrogens with zero attached hydrogens (tertiary/aromatic N) is 2. The second-order valence-electron chi connectivity index (χ2n) is 4.35. The summed E-state index contributed by atoms with van der Waals surface area (Å²) in [6.45, 7) is 3.28. The first-order chi connectivity index (χ1) is 7.25. The molecule has 3 N–H and O–H groups in total. The van der Waals surface area contributed by atoms with Gasteiger partial charge in [-0.15, -0.1) is 0 Å². The minimum atomic E-state index is 0.520. The van der Waals surface area contributed by atoms with E-state index in [1.54, 1.807) is 12.3 Å². The maximum absolute atomic E-state index is 5.58. The summed E-state index contributed by atoms with van der Waals surface area (Å²) in [4.78, 5) is 8.24. The van der Waals surface area contributed by atoms with Gasteiger partial charge in [0.15, 0.2) is 0 Å². The van der Waals surface area contributed by atoms with Gasteiger partial charge in [0.05, 0.1) is 0 Å². The van der Waals surface area contributed by atoms with E-state index >= 15 is 0 Å². The highest BCUT2D eigenvalue weighted by Gasteiger charge is 2.22. The van der Waals surface area contributed by atoms with Crippen LogP contribution in [0.4, 0.5) is 11.8 Å². The molecule has 0 amide bonds. The molecule has 0 aliphatic heterocycles. The molecule has 2 unspecified atom stereocenters. The van der Waals surface area contributed by atoms with Crippen molar-refractivity contribution in [3.63, 3.8) is 0 Å². The Morgan fingerprint density at radius 2 is 2.40 bits per heavy atom. The largest absolute Gasteiger partial charge is 0.384 e. The molecule has 0 aromatic carbocycles. The van der Waals surface area contributed by atoms with Crippen molar-refractivity contribution in [1.29, 1.82) is 0 Å². The van der Waals surface area contributed by atoms with Crippen LogP contribution in [0.25, 0.3) is 0 Å². The van der Waals surface area contributed by atoms with Crippen LogP contribution in [0.1, 0.15) is 26.2 Å². The maximum atomic E-state index is 5.58. The van der Waals surface area contributed by atoms with Crippen molar-refractivity contribution in [2.75, 3.05) is 17.6 Å². The lowest BCUT2D eigenvalue weighted by Crippen LogP contribution is -2.17. The molecule has 0 bridgehead atoms. The van der Waals surface area contributed by atoms with Crippen molar-refractivity contribution >= 4 is 11.8 Å². The average Bonchev–Trinajstić information content (AvgIpc) is 2.61. The third-order valence-electron chi connectivity index (χ3n) is 3.24. The summed E-state index contributed by atoms with van der Waals surface area (Å²) < 4.78 is 0. The van der Waals surface area contributed by atoms with Gasteiger partial charge in [-0.05, 0) is 24.3 Å².